The Morgan fingerprint density at radius 1 is 1.29 bits per heavy atom. The van der Waals surface area contributed by atoms with Crippen LogP contribution in [0.25, 0.3) is 10.9 Å². The highest BCUT2D eigenvalue weighted by Gasteiger charge is 2.31. The molecule has 3 aromatic rings. The lowest BCUT2D eigenvalue weighted by Crippen LogP contribution is -2.28. The molecule has 0 saturated carbocycles. The molecule has 0 bridgehead atoms. The van der Waals surface area contributed by atoms with Gasteiger partial charge in [-0.25, -0.2) is 9.18 Å². The van der Waals surface area contributed by atoms with E-state index >= 15 is 4.39 Å². The summed E-state index contributed by atoms with van der Waals surface area (Å²) >= 11 is 0. The first-order valence-electron chi connectivity index (χ1n) is 10.6. The molecule has 34 heavy (non-hydrogen) atoms. The number of phenolic OH excluding ortho intramolecular Hbond substituents is 1. The molecule has 11 heteroatoms. The van der Waals surface area contributed by atoms with Crippen molar-refractivity contribution in [3.05, 3.63) is 58.1 Å². The van der Waals surface area contributed by atoms with Crippen LogP contribution in [0, 0.1) is 5.82 Å². The van der Waals surface area contributed by atoms with Crippen LogP contribution >= 0.6 is 0 Å². The summed E-state index contributed by atoms with van der Waals surface area (Å²) in [4.78, 5) is 25.7. The number of nitrogens with one attached hydrogen (secondary N) is 1. The van der Waals surface area contributed by atoms with Crippen molar-refractivity contribution in [1.29, 1.82) is 0 Å². The maximum Gasteiger partial charge on any atom is 0.387 e. The van der Waals surface area contributed by atoms with Crippen LogP contribution in [-0.4, -0.2) is 46.5 Å². The van der Waals surface area contributed by atoms with Gasteiger partial charge in [0.15, 0.2) is 11.6 Å². The van der Waals surface area contributed by atoms with Crippen LogP contribution in [0.1, 0.15) is 23.7 Å². The molecule has 0 radical (unpaired) electrons. The van der Waals surface area contributed by atoms with Crippen LogP contribution in [0.3, 0.4) is 0 Å². The van der Waals surface area contributed by atoms with Gasteiger partial charge in [0.1, 0.15) is 17.0 Å². The minimum Gasteiger partial charge on any atom is -0.508 e. The van der Waals surface area contributed by atoms with Gasteiger partial charge in [0, 0.05) is 37.6 Å². The van der Waals surface area contributed by atoms with E-state index in [0.29, 0.717) is 13.0 Å². The molecular weight excluding hydrogens is 455 g/mol. The summed E-state index contributed by atoms with van der Waals surface area (Å²) in [5.41, 5.74) is -1.15. The van der Waals surface area contributed by atoms with Crippen LogP contribution in [0.5, 0.6) is 11.5 Å². The molecule has 1 saturated heterocycles. The third-order valence-corrected chi connectivity index (χ3v) is 5.76. The third kappa shape index (κ3) is 4.33. The number of aromatic hydroxyl groups is 1. The van der Waals surface area contributed by atoms with E-state index in [1.165, 1.54) is 16.7 Å². The Kier molecular flexibility index (Phi) is 6.27. The highest BCUT2D eigenvalue weighted by Crippen LogP contribution is 2.41. The van der Waals surface area contributed by atoms with Crippen molar-refractivity contribution in [2.45, 2.75) is 32.5 Å². The second-order valence-electron chi connectivity index (χ2n) is 7.90. The number of pyridine rings is 1. The van der Waals surface area contributed by atoms with Crippen molar-refractivity contribution in [3.8, 4) is 11.5 Å². The first-order chi connectivity index (χ1) is 16.2. The van der Waals surface area contributed by atoms with Gasteiger partial charge < -0.3 is 29.7 Å². The fourth-order valence-corrected chi connectivity index (χ4v) is 4.26. The molecule has 2 aromatic carbocycles. The number of anilines is 2. The molecule has 0 amide bonds. The minimum atomic E-state index is -3.29. The molecular formula is C23H22F3N3O5. The highest BCUT2D eigenvalue weighted by molar-refractivity contribution is 5.97. The predicted molar refractivity (Wildman–Crippen MR) is 120 cm³/mol. The van der Waals surface area contributed by atoms with E-state index in [0.717, 1.165) is 18.0 Å². The van der Waals surface area contributed by atoms with E-state index in [4.69, 9.17) is 4.74 Å². The van der Waals surface area contributed by atoms with Gasteiger partial charge in [-0.1, -0.05) is 0 Å². The van der Waals surface area contributed by atoms with E-state index < -0.39 is 35.1 Å². The molecule has 1 fully saturated rings. The highest BCUT2D eigenvalue weighted by atomic mass is 19.3. The number of aromatic carboxylic acids is 1. The quantitative estimate of drug-likeness (QED) is 0.444. The number of carboxylic acid groups (broad SMARTS) is 1. The summed E-state index contributed by atoms with van der Waals surface area (Å²) in [6.45, 7) is -0.949. The molecule has 4 rings (SSSR count). The van der Waals surface area contributed by atoms with Crippen LogP contribution in [0.4, 0.5) is 24.5 Å². The van der Waals surface area contributed by atoms with Crippen LogP contribution in [-0.2, 0) is 6.54 Å². The number of carbonyl (C=O) groups is 1. The molecule has 1 aliphatic rings. The van der Waals surface area contributed by atoms with Gasteiger partial charge >= 0.3 is 12.6 Å². The van der Waals surface area contributed by atoms with Crippen molar-refractivity contribution in [2.75, 3.05) is 23.3 Å². The fourth-order valence-electron chi connectivity index (χ4n) is 4.26. The molecule has 1 aromatic heterocycles. The molecule has 1 unspecified atom stereocenters. The monoisotopic (exact) mass is 477 g/mol. The number of ether oxygens (including phenoxy) is 1. The van der Waals surface area contributed by atoms with Crippen LogP contribution < -0.4 is 20.4 Å². The van der Waals surface area contributed by atoms with E-state index in [1.807, 2.05) is 0 Å². The normalized spacial score (nSPS) is 15.8. The van der Waals surface area contributed by atoms with E-state index in [9.17, 15) is 28.6 Å². The largest absolute Gasteiger partial charge is 0.508 e. The number of carboxylic acids is 1. The van der Waals surface area contributed by atoms with Crippen LogP contribution in [0.2, 0.25) is 0 Å². The predicted octanol–water partition coefficient (Wildman–Crippen LogP) is 3.86. The lowest BCUT2D eigenvalue weighted by molar-refractivity contribution is -0.0488. The smallest absolute Gasteiger partial charge is 0.387 e. The second kappa shape index (κ2) is 9.16. The summed E-state index contributed by atoms with van der Waals surface area (Å²) in [6, 6.07) is 7.12. The van der Waals surface area contributed by atoms with Gasteiger partial charge in [0.05, 0.1) is 10.9 Å². The number of nitrogens with zero attached hydrogens (tertiary/aromatic N) is 2. The molecule has 3 N–H and O–H groups in total. The van der Waals surface area contributed by atoms with Gasteiger partial charge in [0.2, 0.25) is 5.43 Å². The van der Waals surface area contributed by atoms with Gasteiger partial charge in [-0.2, -0.15) is 8.78 Å². The van der Waals surface area contributed by atoms with Gasteiger partial charge in [-0.3, -0.25) is 4.79 Å². The lowest BCUT2D eigenvalue weighted by Gasteiger charge is -2.25. The Balaban J connectivity index is 1.80. The number of rotatable bonds is 7. The molecule has 0 aliphatic carbocycles. The maximum atomic E-state index is 15.3. The van der Waals surface area contributed by atoms with E-state index in [-0.39, 0.29) is 41.5 Å². The average Bonchev–Trinajstić information content (AvgIpc) is 3.23. The van der Waals surface area contributed by atoms with Gasteiger partial charge in [-0.15, -0.1) is 0 Å². The Morgan fingerprint density at radius 3 is 2.62 bits per heavy atom. The number of aryl methyl sites for hydroxylation is 1. The first kappa shape index (κ1) is 23.3. The number of benzene rings is 2. The Morgan fingerprint density at radius 2 is 2.00 bits per heavy atom. The summed E-state index contributed by atoms with van der Waals surface area (Å²) in [5, 5.41) is 21.7. The zero-order chi connectivity index (χ0) is 24.6. The molecule has 8 nitrogen and oxygen atoms in total. The van der Waals surface area contributed by atoms with E-state index in [2.05, 4.69) is 5.32 Å². The number of hydrogen-bond acceptors (Lipinski definition) is 6. The molecule has 1 atom stereocenters. The van der Waals surface area contributed by atoms with Crippen molar-refractivity contribution in [3.63, 3.8) is 0 Å². The van der Waals surface area contributed by atoms with Gasteiger partial charge in [-0.05, 0) is 43.7 Å². The average molecular weight is 477 g/mol. The molecule has 0 spiro atoms. The minimum absolute atomic E-state index is 0.0934. The lowest BCUT2D eigenvalue weighted by atomic mass is 10.1. The third-order valence-electron chi connectivity index (χ3n) is 5.76. The van der Waals surface area contributed by atoms with Crippen LogP contribution in [0.15, 0.2) is 41.3 Å². The maximum absolute atomic E-state index is 15.3. The van der Waals surface area contributed by atoms with E-state index in [1.54, 1.807) is 24.0 Å². The zero-order valence-electron chi connectivity index (χ0n) is 18.1. The number of hydrogen-bond donors (Lipinski definition) is 3. The van der Waals surface area contributed by atoms with Crippen molar-refractivity contribution >= 4 is 28.2 Å². The topological polar surface area (TPSA) is 104 Å². The standard InChI is InChI=1S/C23H22F3N3O5/c1-2-28-11-16(22(32)33)20(31)15-9-17(24)19(21(18(15)28)34-23(25)26)29-8-7-13(10-29)27-12-3-5-14(30)6-4-12/h3-6,9,11,13,23,27,30H,2,7-8,10H2,1H3,(H,32,33). The number of alkyl halides is 2. The number of fused-ring (bicyclic) bond motifs is 1. The molecule has 180 valence electrons. The number of aromatic nitrogens is 1. The Hall–Kier alpha value is -3.89. The summed E-state index contributed by atoms with van der Waals surface area (Å²) < 4.78 is 48.2. The second-order valence-corrected chi connectivity index (χ2v) is 7.90. The Bertz CT molecular complexity index is 1290. The van der Waals surface area contributed by atoms with Crippen molar-refractivity contribution in [2.24, 2.45) is 0 Å². The zero-order valence-corrected chi connectivity index (χ0v) is 18.1. The fraction of sp³-hybridized carbons (Fsp3) is 0.304. The molecule has 2 heterocycles. The SMILES string of the molecule is CCn1cc(C(=O)O)c(=O)c2cc(F)c(N3CCC(Nc4ccc(O)cc4)C3)c(OC(F)F)c21. The summed E-state index contributed by atoms with van der Waals surface area (Å²) in [5.74, 6) is -2.86. The van der Waals surface area contributed by atoms with Gasteiger partial charge in [0.25, 0.3) is 0 Å². The van der Waals surface area contributed by atoms with Crippen molar-refractivity contribution in [1.82, 2.24) is 4.57 Å². The number of phenols is 1. The number of halogens is 3. The molecule has 1 aliphatic heterocycles. The van der Waals surface area contributed by atoms with Crippen molar-refractivity contribution < 1.29 is 32.9 Å². The Labute approximate surface area is 191 Å². The first-order valence-corrected chi connectivity index (χ1v) is 10.6. The summed E-state index contributed by atoms with van der Waals surface area (Å²) in [7, 11) is 0. The summed E-state index contributed by atoms with van der Waals surface area (Å²) in [6.07, 6.45) is 1.61.